The third-order valence-electron chi connectivity index (χ3n) is 1.75. The number of nitrogens with zero attached hydrogens (tertiary/aromatic N) is 1. The molecule has 0 unspecified atom stereocenters. The minimum Gasteiger partial charge on any atom is -0.465 e. The molecule has 1 aromatic heterocycles. The molecule has 16 heavy (non-hydrogen) atoms. The van der Waals surface area contributed by atoms with Gasteiger partial charge in [0.25, 0.3) is 9.05 Å². The minimum atomic E-state index is -4.09. The molecule has 1 heterocycles. The number of halogens is 2. The molecule has 8 heteroatoms. The summed E-state index contributed by atoms with van der Waals surface area (Å²) in [5, 5.41) is -0.498. The van der Waals surface area contributed by atoms with Crippen molar-refractivity contribution in [3.63, 3.8) is 0 Å². The first kappa shape index (κ1) is 13.4. The Kier molecular flexibility index (Phi) is 3.92. The Labute approximate surface area is 105 Å². The Morgan fingerprint density at radius 3 is 2.56 bits per heavy atom. The Bertz CT molecular complexity index is 543. The molecule has 0 radical (unpaired) electrons. The van der Waals surface area contributed by atoms with Gasteiger partial charge in [0.1, 0.15) is 0 Å². The van der Waals surface area contributed by atoms with E-state index in [0.29, 0.717) is 10.2 Å². The number of carbonyl (C=O) groups is 1. The third-order valence-corrected chi connectivity index (χ3v) is 3.77. The second kappa shape index (κ2) is 4.68. The first-order valence-corrected chi connectivity index (χ1v) is 7.07. The van der Waals surface area contributed by atoms with Crippen molar-refractivity contribution < 1.29 is 17.9 Å². The number of hydrogen-bond donors (Lipinski definition) is 0. The molecule has 5 nitrogen and oxygen atoms in total. The lowest BCUT2D eigenvalue weighted by molar-refractivity contribution is 0.0595. The number of esters is 1. The Morgan fingerprint density at radius 2 is 2.12 bits per heavy atom. The standard InChI is InChI=1S/C8H7BrClNO4S/c1-4-6(9)3-5(8(12)15-2)7(11-4)16(10,13)14/h3H,1-2H3. The van der Waals surface area contributed by atoms with E-state index in [1.54, 1.807) is 6.92 Å². The minimum absolute atomic E-state index is 0.199. The molecule has 0 bridgehead atoms. The van der Waals surface area contributed by atoms with Gasteiger partial charge in [0.15, 0.2) is 5.03 Å². The summed E-state index contributed by atoms with van der Waals surface area (Å²) in [6.45, 7) is 1.58. The lowest BCUT2D eigenvalue weighted by Gasteiger charge is -2.06. The van der Waals surface area contributed by atoms with Gasteiger partial charge in [-0.15, -0.1) is 0 Å². The topological polar surface area (TPSA) is 73.3 Å². The van der Waals surface area contributed by atoms with Gasteiger partial charge < -0.3 is 4.74 Å². The SMILES string of the molecule is COC(=O)c1cc(Br)c(C)nc1S(=O)(=O)Cl. The van der Waals surface area contributed by atoms with Crippen LogP contribution in [-0.2, 0) is 13.8 Å². The van der Waals surface area contributed by atoms with E-state index in [-0.39, 0.29) is 5.56 Å². The summed E-state index contributed by atoms with van der Waals surface area (Å²) < 4.78 is 27.4. The van der Waals surface area contributed by atoms with Crippen molar-refractivity contribution in [2.24, 2.45) is 0 Å². The molecule has 0 aliphatic heterocycles. The van der Waals surface area contributed by atoms with Gasteiger partial charge in [-0.05, 0) is 28.9 Å². The van der Waals surface area contributed by atoms with Crippen LogP contribution in [0.2, 0.25) is 0 Å². The monoisotopic (exact) mass is 327 g/mol. The number of pyridine rings is 1. The van der Waals surface area contributed by atoms with E-state index in [1.807, 2.05) is 0 Å². The highest BCUT2D eigenvalue weighted by atomic mass is 79.9. The fourth-order valence-electron chi connectivity index (χ4n) is 1.00. The van der Waals surface area contributed by atoms with Gasteiger partial charge in [-0.1, -0.05) is 0 Å². The van der Waals surface area contributed by atoms with Crippen LogP contribution in [-0.4, -0.2) is 26.5 Å². The Hall–Kier alpha value is -0.660. The quantitative estimate of drug-likeness (QED) is 0.612. The fraction of sp³-hybridized carbons (Fsp3) is 0.250. The van der Waals surface area contributed by atoms with E-state index in [4.69, 9.17) is 10.7 Å². The number of rotatable bonds is 2. The van der Waals surface area contributed by atoms with Gasteiger partial charge in [0, 0.05) is 15.2 Å². The van der Waals surface area contributed by atoms with Gasteiger partial charge in [-0.2, -0.15) is 0 Å². The summed E-state index contributed by atoms with van der Waals surface area (Å²) in [5.74, 6) is -0.813. The number of methoxy groups -OCH3 is 1. The average molecular weight is 329 g/mol. The Morgan fingerprint density at radius 1 is 1.56 bits per heavy atom. The van der Waals surface area contributed by atoms with Gasteiger partial charge in [-0.25, -0.2) is 18.2 Å². The molecule has 0 atom stereocenters. The summed E-state index contributed by atoms with van der Waals surface area (Å²) in [7, 11) is 2.23. The molecule has 1 rings (SSSR count). The van der Waals surface area contributed by atoms with Crippen molar-refractivity contribution in [2.75, 3.05) is 7.11 Å². The van der Waals surface area contributed by atoms with Crippen LogP contribution in [0.15, 0.2) is 15.6 Å². The molecule has 0 saturated carbocycles. The summed E-state index contributed by atoms with van der Waals surface area (Å²) in [5.41, 5.74) is 0.210. The zero-order chi connectivity index (χ0) is 12.5. The Balaban J connectivity index is 3.58. The largest absolute Gasteiger partial charge is 0.465 e. The van der Waals surface area contributed by atoms with Crippen molar-refractivity contribution in [3.05, 3.63) is 21.8 Å². The maximum absolute atomic E-state index is 11.3. The zero-order valence-electron chi connectivity index (χ0n) is 8.32. The van der Waals surface area contributed by atoms with Gasteiger partial charge in [-0.3, -0.25) is 0 Å². The first-order chi connectivity index (χ1) is 7.27. The second-order valence-corrected chi connectivity index (χ2v) is 6.17. The maximum atomic E-state index is 11.3. The number of aromatic nitrogens is 1. The maximum Gasteiger partial charge on any atom is 0.340 e. The highest BCUT2D eigenvalue weighted by molar-refractivity contribution is 9.10. The summed E-state index contributed by atoms with van der Waals surface area (Å²) >= 11 is 3.14. The first-order valence-electron chi connectivity index (χ1n) is 3.97. The predicted octanol–water partition coefficient (Wildman–Crippen LogP) is 1.87. The zero-order valence-corrected chi connectivity index (χ0v) is 11.5. The van der Waals surface area contributed by atoms with E-state index >= 15 is 0 Å². The van der Waals surface area contributed by atoms with E-state index < -0.39 is 20.0 Å². The van der Waals surface area contributed by atoms with E-state index in [1.165, 1.54) is 6.07 Å². The van der Waals surface area contributed by atoms with Gasteiger partial charge in [0.2, 0.25) is 0 Å². The number of carbonyl (C=O) groups excluding carboxylic acids is 1. The van der Waals surface area contributed by atoms with Crippen molar-refractivity contribution in [1.82, 2.24) is 4.98 Å². The molecule has 0 spiro atoms. The molecule has 0 amide bonds. The lowest BCUT2D eigenvalue weighted by atomic mass is 10.2. The van der Waals surface area contributed by atoms with Crippen molar-refractivity contribution in [1.29, 1.82) is 0 Å². The molecular formula is C8H7BrClNO4S. The van der Waals surface area contributed by atoms with Crippen molar-refractivity contribution >= 4 is 41.6 Å². The molecule has 1 aromatic rings. The number of aryl methyl sites for hydroxylation is 1. The molecule has 0 aliphatic rings. The molecule has 0 N–H and O–H groups in total. The number of ether oxygens (including phenoxy) is 1. The highest BCUT2D eigenvalue weighted by Crippen LogP contribution is 2.24. The van der Waals surface area contributed by atoms with Crippen LogP contribution >= 0.6 is 26.6 Å². The molecule has 0 fully saturated rings. The van der Waals surface area contributed by atoms with Crippen LogP contribution in [0, 0.1) is 6.92 Å². The third kappa shape index (κ3) is 2.72. The van der Waals surface area contributed by atoms with Crippen LogP contribution in [0.3, 0.4) is 0 Å². The van der Waals surface area contributed by atoms with Crippen LogP contribution in [0.25, 0.3) is 0 Å². The molecule has 0 aromatic carbocycles. The van der Waals surface area contributed by atoms with Crippen LogP contribution in [0.1, 0.15) is 16.1 Å². The highest BCUT2D eigenvalue weighted by Gasteiger charge is 2.24. The molecular weight excluding hydrogens is 322 g/mol. The summed E-state index contributed by atoms with van der Waals surface area (Å²) in [6, 6.07) is 1.31. The van der Waals surface area contributed by atoms with Crippen LogP contribution in [0.5, 0.6) is 0 Å². The van der Waals surface area contributed by atoms with E-state index in [2.05, 4.69) is 25.7 Å². The fourth-order valence-corrected chi connectivity index (χ4v) is 2.32. The van der Waals surface area contributed by atoms with E-state index in [9.17, 15) is 13.2 Å². The van der Waals surface area contributed by atoms with Crippen LogP contribution in [0.4, 0.5) is 0 Å². The summed E-state index contributed by atoms with van der Waals surface area (Å²) in [4.78, 5) is 15.1. The summed E-state index contributed by atoms with van der Waals surface area (Å²) in [6.07, 6.45) is 0. The van der Waals surface area contributed by atoms with Crippen molar-refractivity contribution in [2.45, 2.75) is 11.9 Å². The van der Waals surface area contributed by atoms with Gasteiger partial charge in [0.05, 0.1) is 18.4 Å². The van der Waals surface area contributed by atoms with Crippen molar-refractivity contribution in [3.8, 4) is 0 Å². The second-order valence-electron chi connectivity index (χ2n) is 2.84. The van der Waals surface area contributed by atoms with Gasteiger partial charge >= 0.3 is 5.97 Å². The molecule has 0 saturated heterocycles. The molecule has 88 valence electrons. The normalized spacial score (nSPS) is 11.2. The molecule has 0 aliphatic carbocycles. The smallest absolute Gasteiger partial charge is 0.340 e. The van der Waals surface area contributed by atoms with Crippen LogP contribution < -0.4 is 0 Å². The number of hydrogen-bond acceptors (Lipinski definition) is 5. The lowest BCUT2D eigenvalue weighted by Crippen LogP contribution is -2.10. The predicted molar refractivity (Wildman–Crippen MR) is 61.1 cm³/mol. The van der Waals surface area contributed by atoms with E-state index in [0.717, 1.165) is 7.11 Å². The average Bonchev–Trinajstić information content (AvgIpc) is 2.18.